The number of nitrogens with zero attached hydrogens (tertiary/aromatic N) is 2. The number of carbonyl (C=O) groups excluding carboxylic acids is 3. The summed E-state index contributed by atoms with van der Waals surface area (Å²) in [6.07, 6.45) is 1.54. The van der Waals surface area contributed by atoms with E-state index in [1.165, 1.54) is 4.90 Å². The Morgan fingerprint density at radius 3 is 2.33 bits per heavy atom. The zero-order chi connectivity index (χ0) is 22.3. The van der Waals surface area contributed by atoms with Crippen molar-refractivity contribution in [3.8, 4) is 0 Å². The number of carbonyl (C=O) groups is 3. The first kappa shape index (κ1) is 23.2. The van der Waals surface area contributed by atoms with Crippen LogP contribution in [-0.2, 0) is 16.1 Å². The molecular weight excluding hydrogens is 384 g/mol. The second-order valence-corrected chi connectivity index (χ2v) is 8.20. The highest BCUT2D eigenvalue weighted by atomic mass is 16.3. The van der Waals surface area contributed by atoms with E-state index in [-0.39, 0.29) is 42.9 Å². The predicted octanol–water partition coefficient (Wildman–Crippen LogP) is 2.02. The van der Waals surface area contributed by atoms with Gasteiger partial charge in [0.15, 0.2) is 0 Å². The number of para-hydroxylation sites is 1. The predicted molar refractivity (Wildman–Crippen MR) is 115 cm³/mol. The Balaban J connectivity index is 2.00. The number of likely N-dealkylation sites (N-methyl/N-ethyl adjacent to an activating group) is 2. The lowest BCUT2D eigenvalue weighted by molar-refractivity contribution is -0.124. The first-order valence-corrected chi connectivity index (χ1v) is 9.72. The molecule has 3 amide bonds. The van der Waals surface area contributed by atoms with Gasteiger partial charge in [-0.3, -0.25) is 19.3 Å². The Labute approximate surface area is 177 Å². The van der Waals surface area contributed by atoms with Gasteiger partial charge in [0.1, 0.15) is 5.76 Å². The number of furan rings is 1. The molecule has 8 heteroatoms. The number of amides is 3. The van der Waals surface area contributed by atoms with Crippen LogP contribution in [0.2, 0.25) is 0 Å². The number of rotatable bonds is 8. The fourth-order valence-electron chi connectivity index (χ4n) is 2.86. The van der Waals surface area contributed by atoms with E-state index in [0.29, 0.717) is 17.0 Å². The van der Waals surface area contributed by atoms with E-state index in [1.807, 2.05) is 20.8 Å². The van der Waals surface area contributed by atoms with Gasteiger partial charge in [0.2, 0.25) is 11.8 Å². The molecule has 0 saturated heterocycles. The molecule has 0 aliphatic carbocycles. The third-order valence-corrected chi connectivity index (χ3v) is 4.22. The van der Waals surface area contributed by atoms with Crippen LogP contribution in [0.1, 0.15) is 36.9 Å². The van der Waals surface area contributed by atoms with E-state index in [1.54, 1.807) is 61.7 Å². The number of hydrogen-bond donors (Lipinski definition) is 2. The van der Waals surface area contributed by atoms with Crippen molar-refractivity contribution >= 4 is 23.4 Å². The first-order chi connectivity index (χ1) is 14.1. The summed E-state index contributed by atoms with van der Waals surface area (Å²) >= 11 is 0. The molecule has 0 saturated carbocycles. The van der Waals surface area contributed by atoms with Crippen LogP contribution in [-0.4, -0.2) is 55.3 Å². The second kappa shape index (κ2) is 10.1. The van der Waals surface area contributed by atoms with Crippen molar-refractivity contribution in [2.24, 2.45) is 0 Å². The van der Waals surface area contributed by atoms with Crippen molar-refractivity contribution in [2.75, 3.05) is 32.1 Å². The minimum absolute atomic E-state index is 0.0381. The Kier molecular flexibility index (Phi) is 7.77. The van der Waals surface area contributed by atoms with Crippen LogP contribution < -0.4 is 15.5 Å². The average Bonchev–Trinajstić information content (AvgIpc) is 3.17. The average molecular weight is 415 g/mol. The molecule has 1 aromatic carbocycles. The Morgan fingerprint density at radius 2 is 1.70 bits per heavy atom. The van der Waals surface area contributed by atoms with Gasteiger partial charge in [-0.15, -0.1) is 0 Å². The van der Waals surface area contributed by atoms with Gasteiger partial charge in [-0.05, 0) is 52.1 Å². The van der Waals surface area contributed by atoms with Crippen LogP contribution in [0.3, 0.4) is 0 Å². The van der Waals surface area contributed by atoms with Crippen molar-refractivity contribution in [1.82, 2.24) is 15.5 Å². The Morgan fingerprint density at radius 1 is 1.00 bits per heavy atom. The van der Waals surface area contributed by atoms with Crippen LogP contribution in [0, 0.1) is 0 Å². The number of anilines is 1. The third kappa shape index (κ3) is 7.04. The fraction of sp³-hybridized carbons (Fsp3) is 0.409. The lowest BCUT2D eigenvalue weighted by Crippen LogP contribution is -2.47. The molecule has 0 bridgehead atoms. The molecular formula is C22H30N4O4. The minimum atomic E-state index is -0.333. The topological polar surface area (TPSA) is 94.9 Å². The van der Waals surface area contributed by atoms with Gasteiger partial charge in [-0.2, -0.15) is 0 Å². The lowest BCUT2D eigenvalue weighted by Gasteiger charge is -2.25. The largest absolute Gasteiger partial charge is 0.467 e. The van der Waals surface area contributed by atoms with Crippen molar-refractivity contribution in [3.05, 3.63) is 54.0 Å². The van der Waals surface area contributed by atoms with Crippen molar-refractivity contribution in [2.45, 2.75) is 32.9 Å². The molecule has 8 nitrogen and oxygen atoms in total. The zero-order valence-corrected chi connectivity index (χ0v) is 18.2. The number of benzene rings is 1. The molecule has 0 aliphatic heterocycles. The molecule has 0 fully saturated rings. The summed E-state index contributed by atoms with van der Waals surface area (Å²) in [6.45, 7) is 6.09. The third-order valence-electron chi connectivity index (χ3n) is 4.22. The van der Waals surface area contributed by atoms with Gasteiger partial charge in [0, 0.05) is 12.6 Å². The van der Waals surface area contributed by atoms with Crippen LogP contribution in [0.25, 0.3) is 0 Å². The molecule has 162 valence electrons. The Bertz CT molecular complexity index is 872. The smallest absolute Gasteiger partial charge is 0.253 e. The number of nitrogens with one attached hydrogen (secondary N) is 2. The van der Waals surface area contributed by atoms with Crippen LogP contribution in [0.5, 0.6) is 0 Å². The van der Waals surface area contributed by atoms with Crippen LogP contribution >= 0.6 is 0 Å². The van der Waals surface area contributed by atoms with E-state index in [2.05, 4.69) is 10.6 Å². The maximum Gasteiger partial charge on any atom is 0.253 e. The summed E-state index contributed by atoms with van der Waals surface area (Å²) in [5.74, 6) is -0.0505. The van der Waals surface area contributed by atoms with E-state index < -0.39 is 0 Å². The molecule has 2 rings (SSSR count). The van der Waals surface area contributed by atoms with Crippen molar-refractivity contribution in [3.63, 3.8) is 0 Å². The van der Waals surface area contributed by atoms with E-state index in [9.17, 15) is 14.4 Å². The molecule has 2 N–H and O–H groups in total. The maximum atomic E-state index is 12.7. The van der Waals surface area contributed by atoms with Gasteiger partial charge < -0.3 is 20.0 Å². The van der Waals surface area contributed by atoms with Crippen molar-refractivity contribution in [1.29, 1.82) is 0 Å². The molecule has 1 aromatic heterocycles. The highest BCUT2D eigenvalue weighted by Gasteiger charge is 2.21. The molecule has 0 radical (unpaired) electrons. The number of hydrogen-bond acceptors (Lipinski definition) is 5. The maximum absolute atomic E-state index is 12.7. The summed E-state index contributed by atoms with van der Waals surface area (Å²) in [5, 5.41) is 5.66. The van der Waals surface area contributed by atoms with Crippen LogP contribution in [0.15, 0.2) is 47.1 Å². The summed E-state index contributed by atoms with van der Waals surface area (Å²) in [6, 6.07) is 10.4. The summed E-state index contributed by atoms with van der Waals surface area (Å²) < 4.78 is 5.22. The molecule has 0 spiro atoms. The van der Waals surface area contributed by atoms with Gasteiger partial charge in [-0.1, -0.05) is 12.1 Å². The summed E-state index contributed by atoms with van der Waals surface area (Å²) in [5.41, 5.74) is 0.542. The zero-order valence-electron chi connectivity index (χ0n) is 18.2. The van der Waals surface area contributed by atoms with Gasteiger partial charge in [0.25, 0.3) is 5.91 Å². The SMILES string of the molecule is CN(CC(=O)NC(C)(C)C)CC(=O)N(C)c1ccccc1C(=O)NCc1ccco1. The molecule has 30 heavy (non-hydrogen) atoms. The van der Waals surface area contributed by atoms with E-state index >= 15 is 0 Å². The van der Waals surface area contributed by atoms with E-state index in [0.717, 1.165) is 0 Å². The van der Waals surface area contributed by atoms with E-state index in [4.69, 9.17) is 4.42 Å². The summed E-state index contributed by atoms with van der Waals surface area (Å²) in [7, 11) is 3.32. The fourth-order valence-corrected chi connectivity index (χ4v) is 2.86. The monoisotopic (exact) mass is 414 g/mol. The van der Waals surface area contributed by atoms with Crippen molar-refractivity contribution < 1.29 is 18.8 Å². The van der Waals surface area contributed by atoms with Crippen LogP contribution in [0.4, 0.5) is 5.69 Å². The van der Waals surface area contributed by atoms with Gasteiger partial charge in [0.05, 0.1) is 37.1 Å². The molecule has 0 atom stereocenters. The molecule has 0 unspecified atom stereocenters. The highest BCUT2D eigenvalue weighted by Crippen LogP contribution is 2.19. The summed E-state index contributed by atoms with van der Waals surface area (Å²) in [4.78, 5) is 40.5. The normalized spacial score (nSPS) is 11.3. The molecule has 0 aliphatic rings. The molecule has 2 aromatic rings. The second-order valence-electron chi connectivity index (χ2n) is 8.20. The van der Waals surface area contributed by atoms with Gasteiger partial charge >= 0.3 is 0 Å². The molecule has 1 heterocycles. The first-order valence-electron chi connectivity index (χ1n) is 9.72. The lowest BCUT2D eigenvalue weighted by atomic mass is 10.1. The highest BCUT2D eigenvalue weighted by molar-refractivity contribution is 6.05. The Hall–Kier alpha value is -3.13. The minimum Gasteiger partial charge on any atom is -0.467 e. The standard InChI is InChI=1S/C22H30N4O4/c1-22(2,3)24-19(27)14-25(4)15-20(28)26(5)18-11-7-6-10-17(18)21(29)23-13-16-9-8-12-30-16/h6-12H,13-15H2,1-5H3,(H,23,29)(H,24,27). The quantitative estimate of drug-likeness (QED) is 0.689. The van der Waals surface area contributed by atoms with Gasteiger partial charge in [-0.25, -0.2) is 0 Å².